The second-order valence-electron chi connectivity index (χ2n) is 7.19. The molecule has 0 radical (unpaired) electrons. The fraction of sp³-hybridized carbons (Fsp3) is 0.348. The molecule has 0 heterocycles. The summed E-state index contributed by atoms with van der Waals surface area (Å²) in [6.07, 6.45) is 1.09. The quantitative estimate of drug-likeness (QED) is 0.173. The Morgan fingerprint density at radius 2 is 1.91 bits per heavy atom. The Morgan fingerprint density at radius 3 is 2.53 bits per heavy atom. The van der Waals surface area contributed by atoms with Crippen LogP contribution in [0.15, 0.2) is 42.5 Å². The van der Waals surface area contributed by atoms with Crippen LogP contribution in [0.2, 0.25) is 0 Å². The summed E-state index contributed by atoms with van der Waals surface area (Å²) in [6, 6.07) is 11.7. The van der Waals surface area contributed by atoms with Crippen LogP contribution in [0.25, 0.3) is 0 Å². The highest BCUT2D eigenvalue weighted by molar-refractivity contribution is 7.80. The van der Waals surface area contributed by atoms with Gasteiger partial charge in [0.1, 0.15) is 11.8 Å². The first-order chi connectivity index (χ1) is 15.3. The molecule has 0 saturated heterocycles. The third kappa shape index (κ3) is 8.43. The van der Waals surface area contributed by atoms with Gasteiger partial charge < -0.3 is 30.9 Å². The van der Waals surface area contributed by atoms with E-state index in [1.807, 2.05) is 13.0 Å². The maximum absolute atomic E-state index is 11.7. The number of aryl methyl sites for hydroxylation is 1. The zero-order valence-corrected chi connectivity index (χ0v) is 19.0. The predicted molar refractivity (Wildman–Crippen MR) is 128 cm³/mol. The van der Waals surface area contributed by atoms with Crippen LogP contribution in [-0.4, -0.2) is 41.4 Å². The number of anilines is 2. The number of carboxylic acid groups (broad SMARTS) is 1. The van der Waals surface area contributed by atoms with Gasteiger partial charge in [-0.05, 0) is 67.9 Å². The maximum atomic E-state index is 11.7. The van der Waals surface area contributed by atoms with Crippen LogP contribution in [0.4, 0.5) is 11.4 Å². The first kappa shape index (κ1) is 24.9. The molecule has 0 unspecified atom stereocenters. The SMILES string of the molecule is CCOC(=O)CCCOc1ccc(C[C@H](NC(=S)Nc2ccc(C)cc2N)C(=O)O)cc1. The van der Waals surface area contributed by atoms with E-state index in [-0.39, 0.29) is 17.5 Å². The summed E-state index contributed by atoms with van der Waals surface area (Å²) >= 11 is 5.26. The Balaban J connectivity index is 1.86. The van der Waals surface area contributed by atoms with Gasteiger partial charge in [-0.25, -0.2) is 4.79 Å². The highest BCUT2D eigenvalue weighted by Gasteiger charge is 2.19. The topological polar surface area (TPSA) is 123 Å². The number of esters is 1. The minimum absolute atomic E-state index is 0.175. The number of ether oxygens (including phenoxy) is 2. The van der Waals surface area contributed by atoms with Crippen molar-refractivity contribution in [2.75, 3.05) is 24.3 Å². The van der Waals surface area contributed by atoms with Crippen molar-refractivity contribution in [3.8, 4) is 5.75 Å². The summed E-state index contributed by atoms with van der Waals surface area (Å²) in [5.74, 6) is -0.620. The molecule has 0 aliphatic rings. The van der Waals surface area contributed by atoms with E-state index in [0.717, 1.165) is 11.1 Å². The number of aliphatic carboxylic acids is 1. The Kier molecular flexibility index (Phi) is 9.75. The normalized spacial score (nSPS) is 11.3. The predicted octanol–water partition coefficient (Wildman–Crippen LogP) is 3.28. The van der Waals surface area contributed by atoms with E-state index in [9.17, 15) is 14.7 Å². The Labute approximate surface area is 193 Å². The van der Waals surface area contributed by atoms with Gasteiger partial charge in [-0.15, -0.1) is 0 Å². The summed E-state index contributed by atoms with van der Waals surface area (Å²) < 4.78 is 10.5. The standard InChI is InChI=1S/C23H29N3O5S/c1-3-30-21(27)5-4-12-31-17-9-7-16(8-10-17)14-20(22(28)29)26-23(32)25-19-11-6-15(2)13-18(19)24/h6-11,13,20H,3-5,12,14,24H2,1-2H3,(H,28,29)(H2,25,26,32)/t20-/m0/s1. The molecular weight excluding hydrogens is 430 g/mol. The molecule has 1 atom stereocenters. The number of nitrogen functional groups attached to an aromatic ring is 1. The molecule has 0 spiro atoms. The largest absolute Gasteiger partial charge is 0.494 e. The fourth-order valence-electron chi connectivity index (χ4n) is 2.91. The summed E-state index contributed by atoms with van der Waals surface area (Å²) in [6.45, 7) is 4.45. The van der Waals surface area contributed by atoms with Gasteiger partial charge in [0.15, 0.2) is 5.11 Å². The Bertz CT molecular complexity index is 934. The summed E-state index contributed by atoms with van der Waals surface area (Å²) in [5.41, 5.74) is 8.93. The van der Waals surface area contributed by atoms with Gasteiger partial charge in [-0.3, -0.25) is 4.79 Å². The zero-order chi connectivity index (χ0) is 23.5. The lowest BCUT2D eigenvalue weighted by atomic mass is 10.1. The van der Waals surface area contributed by atoms with E-state index < -0.39 is 12.0 Å². The summed E-state index contributed by atoms with van der Waals surface area (Å²) in [5, 5.41) is 15.5. The first-order valence-electron chi connectivity index (χ1n) is 10.3. The van der Waals surface area contributed by atoms with Crippen molar-refractivity contribution in [2.45, 2.75) is 39.2 Å². The lowest BCUT2D eigenvalue weighted by Crippen LogP contribution is -2.44. The monoisotopic (exact) mass is 459 g/mol. The number of nitrogens with one attached hydrogen (secondary N) is 2. The molecule has 0 bridgehead atoms. The number of hydrogen-bond acceptors (Lipinski definition) is 6. The number of carbonyl (C=O) groups is 2. The van der Waals surface area contributed by atoms with Crippen molar-refractivity contribution in [1.29, 1.82) is 0 Å². The number of thiocarbonyl (C=S) groups is 1. The van der Waals surface area contributed by atoms with Gasteiger partial charge in [0.05, 0.1) is 24.6 Å². The second-order valence-corrected chi connectivity index (χ2v) is 7.59. The number of nitrogens with two attached hydrogens (primary N) is 1. The van der Waals surface area contributed by atoms with Crippen molar-refractivity contribution >= 4 is 40.6 Å². The molecular formula is C23H29N3O5S. The fourth-order valence-corrected chi connectivity index (χ4v) is 3.16. The third-order valence-corrected chi connectivity index (χ3v) is 4.74. The molecule has 2 aromatic carbocycles. The Hall–Kier alpha value is -3.33. The number of carboxylic acids is 1. The van der Waals surface area contributed by atoms with Gasteiger partial charge in [-0.1, -0.05) is 18.2 Å². The van der Waals surface area contributed by atoms with Crippen LogP contribution in [-0.2, 0) is 20.7 Å². The minimum Gasteiger partial charge on any atom is -0.494 e. The van der Waals surface area contributed by atoms with E-state index in [0.29, 0.717) is 43.2 Å². The van der Waals surface area contributed by atoms with Crippen LogP contribution in [0.5, 0.6) is 5.75 Å². The molecule has 8 nitrogen and oxygen atoms in total. The van der Waals surface area contributed by atoms with E-state index in [1.54, 1.807) is 43.3 Å². The maximum Gasteiger partial charge on any atom is 0.326 e. The van der Waals surface area contributed by atoms with Gasteiger partial charge in [-0.2, -0.15) is 0 Å². The highest BCUT2D eigenvalue weighted by atomic mass is 32.1. The highest BCUT2D eigenvalue weighted by Crippen LogP contribution is 2.19. The average Bonchev–Trinajstić information content (AvgIpc) is 2.74. The lowest BCUT2D eigenvalue weighted by Gasteiger charge is -2.18. The molecule has 172 valence electrons. The van der Waals surface area contributed by atoms with Crippen LogP contribution in [0.1, 0.15) is 30.9 Å². The molecule has 5 N–H and O–H groups in total. The molecule has 0 saturated carbocycles. The summed E-state index contributed by atoms with van der Waals surface area (Å²) in [7, 11) is 0. The number of rotatable bonds is 11. The molecule has 2 aromatic rings. The molecule has 0 fully saturated rings. The van der Waals surface area contributed by atoms with E-state index in [2.05, 4.69) is 10.6 Å². The van der Waals surface area contributed by atoms with Gasteiger partial charge >= 0.3 is 11.9 Å². The van der Waals surface area contributed by atoms with Gasteiger partial charge in [0.2, 0.25) is 0 Å². The number of hydrogen-bond donors (Lipinski definition) is 4. The molecule has 0 aliphatic heterocycles. The number of benzene rings is 2. The molecule has 9 heteroatoms. The third-order valence-electron chi connectivity index (χ3n) is 4.52. The molecule has 2 rings (SSSR count). The van der Waals surface area contributed by atoms with Crippen molar-refractivity contribution in [2.24, 2.45) is 0 Å². The van der Waals surface area contributed by atoms with Gasteiger partial charge in [0, 0.05) is 12.8 Å². The lowest BCUT2D eigenvalue weighted by molar-refractivity contribution is -0.143. The van der Waals surface area contributed by atoms with Crippen molar-refractivity contribution in [3.63, 3.8) is 0 Å². The summed E-state index contributed by atoms with van der Waals surface area (Å²) in [4.78, 5) is 23.0. The van der Waals surface area contributed by atoms with Crippen molar-refractivity contribution in [1.82, 2.24) is 5.32 Å². The van der Waals surface area contributed by atoms with Crippen LogP contribution < -0.4 is 21.1 Å². The smallest absolute Gasteiger partial charge is 0.326 e. The molecule has 0 aromatic heterocycles. The van der Waals surface area contributed by atoms with Crippen LogP contribution in [0.3, 0.4) is 0 Å². The molecule has 0 aliphatic carbocycles. The van der Waals surface area contributed by atoms with E-state index >= 15 is 0 Å². The van der Waals surface area contributed by atoms with Crippen LogP contribution >= 0.6 is 12.2 Å². The molecule has 32 heavy (non-hydrogen) atoms. The first-order valence-corrected chi connectivity index (χ1v) is 10.7. The van der Waals surface area contributed by atoms with E-state index in [4.69, 9.17) is 27.4 Å². The van der Waals surface area contributed by atoms with Crippen molar-refractivity contribution < 1.29 is 24.2 Å². The number of carbonyl (C=O) groups excluding carboxylic acids is 1. The van der Waals surface area contributed by atoms with Gasteiger partial charge in [0.25, 0.3) is 0 Å². The average molecular weight is 460 g/mol. The van der Waals surface area contributed by atoms with Crippen LogP contribution in [0, 0.1) is 6.92 Å². The van der Waals surface area contributed by atoms with Crippen molar-refractivity contribution in [3.05, 3.63) is 53.6 Å². The van der Waals surface area contributed by atoms with E-state index in [1.165, 1.54) is 0 Å². The second kappa shape index (κ2) is 12.5. The molecule has 0 amide bonds. The minimum atomic E-state index is -1.02. The Morgan fingerprint density at radius 1 is 1.19 bits per heavy atom. The zero-order valence-electron chi connectivity index (χ0n) is 18.2.